The summed E-state index contributed by atoms with van der Waals surface area (Å²) in [5.41, 5.74) is -1.41. The number of hydrogen-bond donors (Lipinski definition) is 1. The van der Waals surface area contributed by atoms with Crippen LogP contribution < -0.4 is 24.8 Å². The summed E-state index contributed by atoms with van der Waals surface area (Å²) in [7, 11) is 1.64. The Kier molecular flexibility index (Phi) is 10.8. The van der Waals surface area contributed by atoms with Gasteiger partial charge in [0.15, 0.2) is 0 Å². The normalized spacial score (nSPS) is 18.1. The average molecular weight is 301 g/mol. The molecule has 5 heteroatoms. The van der Waals surface area contributed by atoms with Gasteiger partial charge in [0.05, 0.1) is 5.60 Å². The van der Waals surface area contributed by atoms with Crippen LogP contribution in [0.1, 0.15) is 20.8 Å². The third-order valence-electron chi connectivity index (χ3n) is 3.02. The molecular weight excluding hydrogens is 283 g/mol. The molecule has 1 rings (SSSR count). The SMILES string of the molecule is COC(C)(C1C=CC=C1)C(C)(C)O.[Cl-].[Cl-].[Ti+2]. The van der Waals surface area contributed by atoms with E-state index >= 15 is 0 Å². The quantitative estimate of drug-likeness (QED) is 0.537. The van der Waals surface area contributed by atoms with Gasteiger partial charge in [-0.25, -0.2) is 0 Å². The molecule has 0 saturated heterocycles. The van der Waals surface area contributed by atoms with Crippen molar-refractivity contribution in [3.63, 3.8) is 0 Å². The fourth-order valence-electron chi connectivity index (χ4n) is 1.59. The first-order chi connectivity index (χ1) is 5.92. The number of methoxy groups -OCH3 is 1. The van der Waals surface area contributed by atoms with E-state index in [0.717, 1.165) is 0 Å². The zero-order valence-corrected chi connectivity index (χ0v) is 13.1. The van der Waals surface area contributed by atoms with Gasteiger partial charge in [0.25, 0.3) is 0 Å². The van der Waals surface area contributed by atoms with E-state index in [4.69, 9.17) is 4.74 Å². The Hall–Kier alpha value is 0.694. The molecule has 0 aliphatic heterocycles. The number of ether oxygens (including phenoxy) is 1. The molecule has 0 bridgehead atoms. The first kappa shape index (κ1) is 21.9. The van der Waals surface area contributed by atoms with Crippen LogP contribution in [-0.2, 0) is 26.5 Å². The molecule has 0 radical (unpaired) electrons. The van der Waals surface area contributed by atoms with Crippen LogP contribution in [0.15, 0.2) is 24.3 Å². The molecule has 0 aromatic heterocycles. The fourth-order valence-corrected chi connectivity index (χ4v) is 1.59. The minimum Gasteiger partial charge on any atom is -1.00 e. The third kappa shape index (κ3) is 4.17. The van der Waals surface area contributed by atoms with Gasteiger partial charge in [-0.1, -0.05) is 24.3 Å². The minimum absolute atomic E-state index is 0. The molecule has 0 aromatic rings. The Morgan fingerprint density at radius 2 is 1.44 bits per heavy atom. The van der Waals surface area contributed by atoms with E-state index in [1.54, 1.807) is 21.0 Å². The van der Waals surface area contributed by atoms with Crippen molar-refractivity contribution in [1.82, 2.24) is 0 Å². The van der Waals surface area contributed by atoms with E-state index in [1.807, 2.05) is 31.2 Å². The monoisotopic (exact) mass is 300 g/mol. The van der Waals surface area contributed by atoms with Crippen molar-refractivity contribution < 1.29 is 56.4 Å². The van der Waals surface area contributed by atoms with E-state index in [1.165, 1.54) is 0 Å². The molecule has 2 nitrogen and oxygen atoms in total. The van der Waals surface area contributed by atoms with Gasteiger partial charge in [-0.05, 0) is 20.8 Å². The van der Waals surface area contributed by atoms with Crippen molar-refractivity contribution in [2.24, 2.45) is 5.92 Å². The van der Waals surface area contributed by atoms with Crippen LogP contribution in [0.4, 0.5) is 0 Å². The van der Waals surface area contributed by atoms with E-state index in [2.05, 4.69) is 0 Å². The van der Waals surface area contributed by atoms with Crippen LogP contribution in [0.2, 0.25) is 0 Å². The van der Waals surface area contributed by atoms with Gasteiger partial charge in [0.2, 0.25) is 0 Å². The molecule has 0 spiro atoms. The van der Waals surface area contributed by atoms with Crippen molar-refractivity contribution >= 4 is 0 Å². The largest absolute Gasteiger partial charge is 2.00 e. The maximum atomic E-state index is 10.0. The molecule has 0 amide bonds. The van der Waals surface area contributed by atoms with Crippen LogP contribution in [0.25, 0.3) is 0 Å². The maximum absolute atomic E-state index is 10.0. The predicted molar refractivity (Wildman–Crippen MR) is 53.5 cm³/mol. The zero-order chi connectivity index (χ0) is 10.1. The van der Waals surface area contributed by atoms with Crippen LogP contribution in [0.5, 0.6) is 0 Å². The molecular formula is C11H18Cl2O2Ti. The minimum atomic E-state index is -0.856. The molecule has 0 aromatic carbocycles. The molecule has 0 fully saturated rings. The number of allylic oxidation sites excluding steroid dienone is 2. The van der Waals surface area contributed by atoms with Gasteiger partial charge >= 0.3 is 21.7 Å². The Morgan fingerprint density at radius 3 is 1.69 bits per heavy atom. The number of halogens is 2. The van der Waals surface area contributed by atoms with Crippen molar-refractivity contribution in [3.8, 4) is 0 Å². The van der Waals surface area contributed by atoms with Gasteiger partial charge in [-0.3, -0.25) is 0 Å². The summed E-state index contributed by atoms with van der Waals surface area (Å²) in [6.45, 7) is 5.48. The predicted octanol–water partition coefficient (Wildman–Crippen LogP) is -4.09. The molecule has 1 aliphatic rings. The Labute approximate surface area is 125 Å². The topological polar surface area (TPSA) is 29.5 Å². The third-order valence-corrected chi connectivity index (χ3v) is 3.02. The fraction of sp³-hybridized carbons (Fsp3) is 0.636. The summed E-state index contributed by atoms with van der Waals surface area (Å²) in [4.78, 5) is 0. The van der Waals surface area contributed by atoms with Crippen molar-refractivity contribution in [3.05, 3.63) is 24.3 Å². The van der Waals surface area contributed by atoms with Crippen LogP contribution in [0, 0.1) is 5.92 Å². The second kappa shape index (κ2) is 7.91. The molecule has 16 heavy (non-hydrogen) atoms. The molecule has 1 N–H and O–H groups in total. The number of aliphatic hydroxyl groups is 1. The summed E-state index contributed by atoms with van der Waals surface area (Å²) in [5.74, 6) is 0.150. The van der Waals surface area contributed by atoms with Crippen LogP contribution in [0.3, 0.4) is 0 Å². The molecule has 1 aliphatic carbocycles. The van der Waals surface area contributed by atoms with Gasteiger partial charge < -0.3 is 34.7 Å². The molecule has 1 atom stereocenters. The zero-order valence-electron chi connectivity index (χ0n) is 10.00. The van der Waals surface area contributed by atoms with Crippen LogP contribution >= 0.6 is 0 Å². The summed E-state index contributed by atoms with van der Waals surface area (Å²) in [5, 5.41) is 10.0. The van der Waals surface area contributed by atoms with Crippen molar-refractivity contribution in [2.75, 3.05) is 7.11 Å². The maximum Gasteiger partial charge on any atom is 2.00 e. The summed E-state index contributed by atoms with van der Waals surface area (Å²) in [6.07, 6.45) is 8.05. The van der Waals surface area contributed by atoms with Crippen LogP contribution in [-0.4, -0.2) is 23.4 Å². The average Bonchev–Trinajstić information content (AvgIpc) is 2.52. The van der Waals surface area contributed by atoms with E-state index in [-0.39, 0.29) is 52.4 Å². The Bertz CT molecular complexity index is 237. The second-order valence-electron chi connectivity index (χ2n) is 4.17. The summed E-state index contributed by atoms with van der Waals surface area (Å²) < 4.78 is 5.43. The number of rotatable bonds is 3. The van der Waals surface area contributed by atoms with Gasteiger partial charge in [0.1, 0.15) is 5.60 Å². The van der Waals surface area contributed by atoms with Crippen molar-refractivity contribution in [1.29, 1.82) is 0 Å². The Morgan fingerprint density at radius 1 is 1.06 bits per heavy atom. The molecule has 92 valence electrons. The smallest absolute Gasteiger partial charge is 1.00 e. The standard InChI is InChI=1S/C11H18O2.2ClH.Ti/c1-10(2,12)11(3,13-4)9-7-5-6-8-9;;;/h5-9,12H,1-4H3;2*1H;/q;;;+2/p-2. The Balaban J connectivity index is -0.000000563. The summed E-state index contributed by atoms with van der Waals surface area (Å²) >= 11 is 0. The van der Waals surface area contributed by atoms with Gasteiger partial charge in [-0.2, -0.15) is 0 Å². The van der Waals surface area contributed by atoms with Gasteiger partial charge in [0, 0.05) is 13.0 Å². The molecule has 0 saturated carbocycles. The van der Waals surface area contributed by atoms with E-state index < -0.39 is 11.2 Å². The second-order valence-corrected chi connectivity index (χ2v) is 4.17. The molecule has 0 heterocycles. The van der Waals surface area contributed by atoms with Crippen molar-refractivity contribution in [2.45, 2.75) is 32.0 Å². The molecule has 1 unspecified atom stereocenters. The van der Waals surface area contributed by atoms with E-state index in [0.29, 0.717) is 0 Å². The van der Waals surface area contributed by atoms with Gasteiger partial charge in [-0.15, -0.1) is 0 Å². The number of hydrogen-bond acceptors (Lipinski definition) is 2. The van der Waals surface area contributed by atoms with E-state index in [9.17, 15) is 5.11 Å². The first-order valence-electron chi connectivity index (χ1n) is 4.54. The summed E-state index contributed by atoms with van der Waals surface area (Å²) in [6, 6.07) is 0. The first-order valence-corrected chi connectivity index (χ1v) is 4.54.